The molecule has 0 atom stereocenters. The highest BCUT2D eigenvalue weighted by molar-refractivity contribution is 6.07. The van der Waals surface area contributed by atoms with Crippen LogP contribution in [-0.2, 0) is 11.3 Å². The van der Waals surface area contributed by atoms with Gasteiger partial charge in [0.05, 0.1) is 16.6 Å². The number of fused-ring (bicyclic) bond motifs is 1. The smallest absolute Gasteiger partial charge is 0.259 e. The minimum absolute atomic E-state index is 0.147. The van der Waals surface area contributed by atoms with Gasteiger partial charge in [-0.05, 0) is 55.3 Å². The number of pyridine rings is 1. The summed E-state index contributed by atoms with van der Waals surface area (Å²) in [5.41, 5.74) is 3.16. The summed E-state index contributed by atoms with van der Waals surface area (Å²) in [7, 11) is 1.71. The van der Waals surface area contributed by atoms with Crippen LogP contribution in [0.4, 0.5) is 11.6 Å². The molecule has 0 radical (unpaired) electrons. The molecule has 1 saturated heterocycles. The van der Waals surface area contributed by atoms with Crippen LogP contribution in [0.5, 0.6) is 0 Å². The van der Waals surface area contributed by atoms with Gasteiger partial charge in [-0.3, -0.25) is 19.7 Å². The molecule has 39 heavy (non-hydrogen) atoms. The number of aromatic nitrogens is 3. The Bertz CT molecular complexity index is 1570. The summed E-state index contributed by atoms with van der Waals surface area (Å²) in [6.07, 6.45) is 3.51. The minimum Gasteiger partial charge on any atom is -0.343 e. The standard InChI is InChI=1S/C29H27N7O3/c1-34(28(39)20-7-3-2-4-8-20)23-12-13-25-24(17-23)32-29(33-27(38)21-10-11-22(18-30)31-19-21)36(25)16-6-15-35-14-5-9-26(35)37/h2-4,7-8,10-13,17,19H,5-6,9,14-16H2,1H3,(H,32,33,38). The van der Waals surface area contributed by atoms with Crippen LogP contribution < -0.4 is 10.2 Å². The van der Waals surface area contributed by atoms with Crippen LogP contribution in [0, 0.1) is 11.3 Å². The zero-order chi connectivity index (χ0) is 27.4. The highest BCUT2D eigenvalue weighted by Gasteiger charge is 2.21. The molecule has 196 valence electrons. The monoisotopic (exact) mass is 521 g/mol. The van der Waals surface area contributed by atoms with Crippen molar-refractivity contribution >= 4 is 40.4 Å². The lowest BCUT2D eigenvalue weighted by Crippen LogP contribution is -2.26. The Labute approximate surface area is 225 Å². The Morgan fingerprint density at radius 2 is 1.90 bits per heavy atom. The van der Waals surface area contributed by atoms with Crippen LogP contribution in [0.25, 0.3) is 11.0 Å². The highest BCUT2D eigenvalue weighted by Crippen LogP contribution is 2.26. The number of nitrogens with zero attached hydrogens (tertiary/aromatic N) is 6. The molecule has 3 amide bonds. The normalized spacial score (nSPS) is 12.9. The zero-order valence-electron chi connectivity index (χ0n) is 21.5. The fourth-order valence-electron chi connectivity index (χ4n) is 4.67. The number of nitriles is 1. The SMILES string of the molecule is CN(C(=O)c1ccccc1)c1ccc2c(c1)nc(NC(=O)c1ccc(C#N)nc1)n2CCCN1CCCC1=O. The predicted molar refractivity (Wildman–Crippen MR) is 146 cm³/mol. The van der Waals surface area contributed by atoms with E-state index < -0.39 is 5.91 Å². The third kappa shape index (κ3) is 5.48. The fourth-order valence-corrected chi connectivity index (χ4v) is 4.67. The first-order valence-electron chi connectivity index (χ1n) is 12.7. The van der Waals surface area contributed by atoms with Gasteiger partial charge in [0.25, 0.3) is 11.8 Å². The van der Waals surface area contributed by atoms with Gasteiger partial charge in [0.15, 0.2) is 0 Å². The topological polar surface area (TPSA) is 124 Å². The number of anilines is 2. The minimum atomic E-state index is -0.408. The van der Waals surface area contributed by atoms with E-state index in [0.717, 1.165) is 18.5 Å². The van der Waals surface area contributed by atoms with Gasteiger partial charge in [0.2, 0.25) is 11.9 Å². The molecule has 0 aliphatic carbocycles. The zero-order valence-corrected chi connectivity index (χ0v) is 21.5. The van der Waals surface area contributed by atoms with Crippen molar-refractivity contribution in [2.45, 2.75) is 25.8 Å². The second-order valence-corrected chi connectivity index (χ2v) is 9.33. The molecule has 1 fully saturated rings. The third-order valence-corrected chi connectivity index (χ3v) is 6.79. The number of carbonyl (C=O) groups is 3. The molecule has 1 aliphatic rings. The Morgan fingerprint density at radius 3 is 2.59 bits per heavy atom. The first kappa shape index (κ1) is 25.6. The molecule has 0 saturated carbocycles. The molecule has 5 rings (SSSR count). The average Bonchev–Trinajstić information content (AvgIpc) is 3.54. The number of likely N-dealkylation sites (tertiary alicyclic amines) is 1. The number of hydrogen-bond donors (Lipinski definition) is 1. The van der Waals surface area contributed by atoms with E-state index in [0.29, 0.717) is 54.2 Å². The largest absolute Gasteiger partial charge is 0.343 e. The van der Waals surface area contributed by atoms with Crippen LogP contribution >= 0.6 is 0 Å². The van der Waals surface area contributed by atoms with Crippen molar-refractivity contribution in [3.63, 3.8) is 0 Å². The average molecular weight is 522 g/mol. The van der Waals surface area contributed by atoms with E-state index in [-0.39, 0.29) is 17.5 Å². The summed E-state index contributed by atoms with van der Waals surface area (Å²) in [5, 5.41) is 11.8. The van der Waals surface area contributed by atoms with E-state index in [4.69, 9.17) is 10.2 Å². The maximum atomic E-state index is 13.0. The molecule has 4 aromatic rings. The molecule has 10 nitrogen and oxygen atoms in total. The van der Waals surface area contributed by atoms with E-state index in [1.54, 1.807) is 24.1 Å². The molecule has 3 heterocycles. The van der Waals surface area contributed by atoms with E-state index in [2.05, 4.69) is 10.3 Å². The fraction of sp³-hybridized carbons (Fsp3) is 0.241. The summed E-state index contributed by atoms with van der Waals surface area (Å²) >= 11 is 0. The predicted octanol–water partition coefficient (Wildman–Crippen LogP) is 3.84. The second kappa shape index (κ2) is 11.1. The van der Waals surface area contributed by atoms with Crippen LogP contribution in [-0.4, -0.2) is 57.3 Å². The first-order valence-corrected chi connectivity index (χ1v) is 12.7. The van der Waals surface area contributed by atoms with Crippen molar-refractivity contribution in [1.82, 2.24) is 19.4 Å². The van der Waals surface area contributed by atoms with Crippen molar-refractivity contribution in [2.24, 2.45) is 0 Å². The van der Waals surface area contributed by atoms with Gasteiger partial charge in [0, 0.05) is 50.6 Å². The second-order valence-electron chi connectivity index (χ2n) is 9.33. The number of rotatable bonds is 8. The number of benzene rings is 2. The van der Waals surface area contributed by atoms with Crippen molar-refractivity contribution < 1.29 is 14.4 Å². The molecule has 0 bridgehead atoms. The number of aryl methyl sites for hydroxylation is 1. The van der Waals surface area contributed by atoms with Gasteiger partial charge in [-0.2, -0.15) is 5.26 Å². The van der Waals surface area contributed by atoms with Gasteiger partial charge in [-0.1, -0.05) is 18.2 Å². The maximum absolute atomic E-state index is 13.0. The van der Waals surface area contributed by atoms with E-state index in [1.165, 1.54) is 18.3 Å². The summed E-state index contributed by atoms with van der Waals surface area (Å²) in [4.78, 5) is 50.1. The van der Waals surface area contributed by atoms with E-state index >= 15 is 0 Å². The Balaban J connectivity index is 1.43. The number of carbonyl (C=O) groups excluding carboxylic acids is 3. The Morgan fingerprint density at radius 1 is 1.08 bits per heavy atom. The third-order valence-electron chi connectivity index (χ3n) is 6.79. The number of imidazole rings is 1. The molecule has 0 unspecified atom stereocenters. The lowest BCUT2D eigenvalue weighted by molar-refractivity contribution is -0.127. The lowest BCUT2D eigenvalue weighted by atomic mass is 10.2. The van der Waals surface area contributed by atoms with Crippen molar-refractivity contribution in [3.05, 3.63) is 83.7 Å². The molecule has 2 aromatic carbocycles. The molecular weight excluding hydrogens is 494 g/mol. The first-order chi connectivity index (χ1) is 18.9. The Hall–Kier alpha value is -5.04. The Kier molecular flexibility index (Phi) is 7.32. The molecule has 10 heteroatoms. The van der Waals surface area contributed by atoms with Gasteiger partial charge in [-0.15, -0.1) is 0 Å². The maximum Gasteiger partial charge on any atom is 0.259 e. The van der Waals surface area contributed by atoms with Crippen molar-refractivity contribution in [2.75, 3.05) is 30.4 Å². The van der Waals surface area contributed by atoms with Gasteiger partial charge >= 0.3 is 0 Å². The van der Waals surface area contributed by atoms with Gasteiger partial charge in [-0.25, -0.2) is 9.97 Å². The number of hydrogen-bond acceptors (Lipinski definition) is 6. The van der Waals surface area contributed by atoms with Crippen LogP contribution in [0.2, 0.25) is 0 Å². The summed E-state index contributed by atoms with van der Waals surface area (Å²) in [6, 6.07) is 19.5. The summed E-state index contributed by atoms with van der Waals surface area (Å²) < 4.78 is 1.91. The van der Waals surface area contributed by atoms with Gasteiger partial charge in [0.1, 0.15) is 11.8 Å². The van der Waals surface area contributed by atoms with E-state index in [9.17, 15) is 14.4 Å². The quantitative estimate of drug-likeness (QED) is 0.376. The van der Waals surface area contributed by atoms with Crippen LogP contribution in [0.1, 0.15) is 45.7 Å². The summed E-state index contributed by atoms with van der Waals surface area (Å²) in [5.74, 6) is -0.0363. The number of nitrogens with one attached hydrogen (secondary N) is 1. The van der Waals surface area contributed by atoms with E-state index in [1.807, 2.05) is 51.9 Å². The molecule has 1 N–H and O–H groups in total. The van der Waals surface area contributed by atoms with Crippen LogP contribution in [0.15, 0.2) is 66.9 Å². The molecule has 1 aliphatic heterocycles. The molecule has 2 aromatic heterocycles. The van der Waals surface area contributed by atoms with Gasteiger partial charge < -0.3 is 14.4 Å². The molecule has 0 spiro atoms. The van der Waals surface area contributed by atoms with Crippen molar-refractivity contribution in [3.8, 4) is 6.07 Å². The lowest BCUT2D eigenvalue weighted by Gasteiger charge is -2.18. The van der Waals surface area contributed by atoms with Crippen molar-refractivity contribution in [1.29, 1.82) is 5.26 Å². The summed E-state index contributed by atoms with van der Waals surface area (Å²) in [6.45, 7) is 1.92. The highest BCUT2D eigenvalue weighted by atomic mass is 16.2. The van der Waals surface area contributed by atoms with Crippen LogP contribution in [0.3, 0.4) is 0 Å². The molecular formula is C29H27N7O3. The number of amides is 3.